The SMILES string of the molecule is COc1ccccc1N(C)C(=O)CCNC(C)C. The Morgan fingerprint density at radius 1 is 1.39 bits per heavy atom. The molecule has 0 atom stereocenters. The number of anilines is 1. The molecule has 4 nitrogen and oxygen atoms in total. The number of carbonyl (C=O) groups is 1. The Bertz CT molecular complexity index is 391. The van der Waals surface area contributed by atoms with E-state index >= 15 is 0 Å². The third kappa shape index (κ3) is 4.04. The topological polar surface area (TPSA) is 41.6 Å². The first-order valence-corrected chi connectivity index (χ1v) is 6.19. The second kappa shape index (κ2) is 7.01. The molecule has 0 unspecified atom stereocenters. The van der Waals surface area contributed by atoms with Gasteiger partial charge in [-0.05, 0) is 12.1 Å². The van der Waals surface area contributed by atoms with Crippen molar-refractivity contribution < 1.29 is 9.53 Å². The van der Waals surface area contributed by atoms with Crippen LogP contribution in [0, 0.1) is 0 Å². The highest BCUT2D eigenvalue weighted by Gasteiger charge is 2.14. The second-order valence-corrected chi connectivity index (χ2v) is 4.48. The van der Waals surface area contributed by atoms with Gasteiger partial charge in [0, 0.05) is 26.1 Å². The average Bonchev–Trinajstić information content (AvgIpc) is 2.37. The Morgan fingerprint density at radius 2 is 2.06 bits per heavy atom. The first-order valence-electron chi connectivity index (χ1n) is 6.19. The average molecular weight is 250 g/mol. The van der Waals surface area contributed by atoms with Gasteiger partial charge in [-0.15, -0.1) is 0 Å². The summed E-state index contributed by atoms with van der Waals surface area (Å²) < 4.78 is 5.25. The summed E-state index contributed by atoms with van der Waals surface area (Å²) in [5, 5.41) is 3.23. The third-order valence-electron chi connectivity index (χ3n) is 2.71. The van der Waals surface area contributed by atoms with Crippen LogP contribution in [0.3, 0.4) is 0 Å². The Kier molecular flexibility index (Phi) is 5.65. The molecule has 0 radical (unpaired) electrons. The molecule has 0 saturated heterocycles. The van der Waals surface area contributed by atoms with Crippen molar-refractivity contribution >= 4 is 11.6 Å². The molecule has 0 heterocycles. The van der Waals surface area contributed by atoms with Crippen LogP contribution in [0.5, 0.6) is 5.75 Å². The first-order chi connectivity index (χ1) is 8.56. The number of rotatable bonds is 6. The summed E-state index contributed by atoms with van der Waals surface area (Å²) in [5.74, 6) is 0.790. The number of benzene rings is 1. The van der Waals surface area contributed by atoms with E-state index in [1.165, 1.54) is 0 Å². The molecule has 0 fully saturated rings. The Balaban J connectivity index is 2.62. The van der Waals surface area contributed by atoms with Gasteiger partial charge in [-0.3, -0.25) is 4.79 Å². The van der Waals surface area contributed by atoms with Gasteiger partial charge in [0.25, 0.3) is 0 Å². The molecule has 1 amide bonds. The Hall–Kier alpha value is -1.55. The van der Waals surface area contributed by atoms with Gasteiger partial charge in [0.2, 0.25) is 5.91 Å². The summed E-state index contributed by atoms with van der Waals surface area (Å²) >= 11 is 0. The largest absolute Gasteiger partial charge is 0.495 e. The van der Waals surface area contributed by atoms with Gasteiger partial charge >= 0.3 is 0 Å². The molecule has 0 aliphatic heterocycles. The molecule has 0 spiro atoms. The van der Waals surface area contributed by atoms with Crippen molar-refractivity contribution in [1.82, 2.24) is 5.32 Å². The Labute approximate surface area is 109 Å². The lowest BCUT2D eigenvalue weighted by Gasteiger charge is -2.20. The summed E-state index contributed by atoms with van der Waals surface area (Å²) in [6, 6.07) is 7.92. The van der Waals surface area contributed by atoms with E-state index in [-0.39, 0.29) is 5.91 Å². The van der Waals surface area contributed by atoms with Crippen molar-refractivity contribution in [3.8, 4) is 5.75 Å². The highest BCUT2D eigenvalue weighted by Crippen LogP contribution is 2.26. The lowest BCUT2D eigenvalue weighted by Crippen LogP contribution is -2.32. The molecule has 0 aromatic heterocycles. The minimum Gasteiger partial charge on any atom is -0.495 e. The number of ether oxygens (including phenoxy) is 1. The van der Waals surface area contributed by atoms with Gasteiger partial charge < -0.3 is 15.0 Å². The molecule has 0 aliphatic carbocycles. The monoisotopic (exact) mass is 250 g/mol. The van der Waals surface area contributed by atoms with Crippen molar-refractivity contribution in [1.29, 1.82) is 0 Å². The molecular weight excluding hydrogens is 228 g/mol. The number of hydrogen-bond acceptors (Lipinski definition) is 3. The normalized spacial score (nSPS) is 10.5. The first kappa shape index (κ1) is 14.5. The number of carbonyl (C=O) groups excluding carboxylic acids is 1. The van der Waals surface area contributed by atoms with E-state index in [9.17, 15) is 4.79 Å². The van der Waals surface area contributed by atoms with Crippen LogP contribution in [0.25, 0.3) is 0 Å². The number of amides is 1. The quantitative estimate of drug-likeness (QED) is 0.840. The molecule has 100 valence electrons. The van der Waals surface area contributed by atoms with Crippen LogP contribution < -0.4 is 15.0 Å². The minimum atomic E-state index is 0.0765. The highest BCUT2D eigenvalue weighted by atomic mass is 16.5. The lowest BCUT2D eigenvalue weighted by atomic mass is 10.2. The maximum Gasteiger partial charge on any atom is 0.228 e. The van der Waals surface area contributed by atoms with Crippen LogP contribution in [0.15, 0.2) is 24.3 Å². The van der Waals surface area contributed by atoms with Crippen LogP contribution in [0.1, 0.15) is 20.3 Å². The summed E-state index contributed by atoms with van der Waals surface area (Å²) in [6.07, 6.45) is 0.479. The maximum atomic E-state index is 12.0. The van der Waals surface area contributed by atoms with E-state index < -0.39 is 0 Å². The fourth-order valence-electron chi connectivity index (χ4n) is 1.68. The predicted molar refractivity (Wildman–Crippen MR) is 74.2 cm³/mol. The van der Waals surface area contributed by atoms with Crippen molar-refractivity contribution in [2.45, 2.75) is 26.3 Å². The molecule has 1 aromatic carbocycles. The highest BCUT2D eigenvalue weighted by molar-refractivity contribution is 5.94. The van der Waals surface area contributed by atoms with Crippen LogP contribution in [-0.4, -0.2) is 32.7 Å². The van der Waals surface area contributed by atoms with E-state index in [0.717, 1.165) is 5.69 Å². The van der Waals surface area contributed by atoms with Gasteiger partial charge in [-0.2, -0.15) is 0 Å². The predicted octanol–water partition coefficient (Wildman–Crippen LogP) is 2.05. The second-order valence-electron chi connectivity index (χ2n) is 4.48. The van der Waals surface area contributed by atoms with Crippen molar-refractivity contribution in [3.05, 3.63) is 24.3 Å². The number of nitrogens with zero attached hydrogens (tertiary/aromatic N) is 1. The van der Waals surface area contributed by atoms with Gasteiger partial charge in [0.15, 0.2) is 0 Å². The summed E-state index contributed by atoms with van der Waals surface area (Å²) in [6.45, 7) is 4.82. The fraction of sp³-hybridized carbons (Fsp3) is 0.500. The van der Waals surface area contributed by atoms with Gasteiger partial charge in [0.05, 0.1) is 12.8 Å². The number of nitrogens with one attached hydrogen (secondary N) is 1. The van der Waals surface area contributed by atoms with Gasteiger partial charge in [-0.25, -0.2) is 0 Å². The zero-order valence-electron chi connectivity index (χ0n) is 11.6. The molecule has 1 N–H and O–H groups in total. The fourth-order valence-corrected chi connectivity index (χ4v) is 1.68. The zero-order valence-corrected chi connectivity index (χ0v) is 11.6. The number of para-hydroxylation sites is 2. The summed E-state index contributed by atoms with van der Waals surface area (Å²) in [5.41, 5.74) is 0.801. The molecule has 18 heavy (non-hydrogen) atoms. The summed E-state index contributed by atoms with van der Waals surface area (Å²) in [7, 11) is 3.38. The van der Waals surface area contributed by atoms with E-state index in [1.54, 1.807) is 19.1 Å². The van der Waals surface area contributed by atoms with Crippen LogP contribution >= 0.6 is 0 Å². The van der Waals surface area contributed by atoms with Crippen LogP contribution in [-0.2, 0) is 4.79 Å². The van der Waals surface area contributed by atoms with Crippen molar-refractivity contribution in [2.75, 3.05) is 25.6 Å². The number of methoxy groups -OCH3 is 1. The van der Waals surface area contributed by atoms with Gasteiger partial charge in [-0.1, -0.05) is 26.0 Å². The lowest BCUT2D eigenvalue weighted by molar-refractivity contribution is -0.118. The van der Waals surface area contributed by atoms with Crippen LogP contribution in [0.4, 0.5) is 5.69 Å². The molecule has 1 rings (SSSR count). The van der Waals surface area contributed by atoms with E-state index in [1.807, 2.05) is 24.3 Å². The van der Waals surface area contributed by atoms with E-state index in [4.69, 9.17) is 4.74 Å². The third-order valence-corrected chi connectivity index (χ3v) is 2.71. The standard InChI is InChI=1S/C14H22N2O2/c1-11(2)15-10-9-14(17)16(3)12-7-5-6-8-13(12)18-4/h5-8,11,15H,9-10H2,1-4H3. The van der Waals surface area contributed by atoms with Crippen molar-refractivity contribution in [2.24, 2.45) is 0 Å². The molecule has 4 heteroatoms. The molecule has 0 saturated carbocycles. The number of hydrogen-bond donors (Lipinski definition) is 1. The van der Waals surface area contributed by atoms with E-state index in [0.29, 0.717) is 24.8 Å². The Morgan fingerprint density at radius 3 is 2.67 bits per heavy atom. The maximum absolute atomic E-state index is 12.0. The van der Waals surface area contributed by atoms with Crippen molar-refractivity contribution in [3.63, 3.8) is 0 Å². The summed E-state index contributed by atoms with van der Waals surface area (Å²) in [4.78, 5) is 13.7. The minimum absolute atomic E-state index is 0.0765. The zero-order chi connectivity index (χ0) is 13.5. The smallest absolute Gasteiger partial charge is 0.228 e. The molecule has 1 aromatic rings. The van der Waals surface area contributed by atoms with Crippen LogP contribution in [0.2, 0.25) is 0 Å². The molecular formula is C14H22N2O2. The molecule has 0 bridgehead atoms. The molecule has 0 aliphatic rings. The van der Waals surface area contributed by atoms with Gasteiger partial charge in [0.1, 0.15) is 5.75 Å². The van der Waals surface area contributed by atoms with E-state index in [2.05, 4.69) is 19.2 Å².